The van der Waals surface area contributed by atoms with Crippen LogP contribution in [0.5, 0.6) is 0 Å². The maximum absolute atomic E-state index is 13.3. The number of carbonyl (C=O) groups excluding carboxylic acids is 1. The number of benzene rings is 1. The van der Waals surface area contributed by atoms with Crippen molar-refractivity contribution in [3.05, 3.63) is 29.6 Å². The monoisotopic (exact) mass is 336 g/mol. The van der Waals surface area contributed by atoms with Crippen LogP contribution >= 0.6 is 11.8 Å². The molecule has 0 bridgehead atoms. The molecule has 0 saturated carbocycles. The maximum Gasteiger partial charge on any atom is 0.442 e. The summed E-state index contributed by atoms with van der Waals surface area (Å²) in [7, 11) is 1.17. The molecule has 1 aromatic carbocycles. The molecule has 0 aromatic heterocycles. The molecule has 22 heavy (non-hydrogen) atoms. The van der Waals surface area contributed by atoms with Crippen LogP contribution in [-0.2, 0) is 9.48 Å². The molecule has 0 aliphatic carbocycles. The van der Waals surface area contributed by atoms with Crippen LogP contribution in [0.25, 0.3) is 0 Å². The van der Waals surface area contributed by atoms with Gasteiger partial charge in [-0.1, -0.05) is 6.07 Å². The molecule has 2 aliphatic rings. The molecule has 0 radical (unpaired) electrons. The topological polar surface area (TPSA) is 41.6 Å². The number of hydrogen-bond donors (Lipinski definition) is 1. The molecule has 0 unspecified atom stereocenters. The van der Waals surface area contributed by atoms with Crippen molar-refractivity contribution >= 4 is 23.5 Å². The molecule has 1 N–H and O–H groups in total. The van der Waals surface area contributed by atoms with Gasteiger partial charge in [-0.25, -0.2) is 9.18 Å². The standard InChI is InChI=1S/C13H12F4N2O2S/c1-21-11(20)19-5-4-12(22-13(15,16)17)8-3-2-7(14)6-9(8)18-10(12)19/h2-3,6,10,18H,4-5H2,1H3/t10-,12+/m0/s1. The van der Waals surface area contributed by atoms with Crippen molar-refractivity contribution < 1.29 is 27.1 Å². The molecule has 9 heteroatoms. The van der Waals surface area contributed by atoms with Crippen LogP contribution in [0.2, 0.25) is 0 Å². The van der Waals surface area contributed by atoms with E-state index in [-0.39, 0.29) is 30.4 Å². The molecular formula is C13H12F4N2O2S. The van der Waals surface area contributed by atoms with E-state index in [9.17, 15) is 22.4 Å². The summed E-state index contributed by atoms with van der Waals surface area (Å²) in [4.78, 5) is 13.0. The van der Waals surface area contributed by atoms with Crippen molar-refractivity contribution in [3.8, 4) is 0 Å². The zero-order valence-corrected chi connectivity index (χ0v) is 12.2. The highest BCUT2D eigenvalue weighted by atomic mass is 32.2. The Morgan fingerprint density at radius 2 is 2.23 bits per heavy atom. The number of amides is 1. The van der Waals surface area contributed by atoms with Gasteiger partial charge in [0.05, 0.1) is 11.9 Å². The van der Waals surface area contributed by atoms with Crippen LogP contribution in [0, 0.1) is 5.82 Å². The Morgan fingerprint density at radius 3 is 2.86 bits per heavy atom. The first kappa shape index (κ1) is 15.3. The lowest BCUT2D eigenvalue weighted by Crippen LogP contribution is -2.45. The predicted molar refractivity (Wildman–Crippen MR) is 72.9 cm³/mol. The van der Waals surface area contributed by atoms with E-state index in [2.05, 4.69) is 10.1 Å². The summed E-state index contributed by atoms with van der Waals surface area (Å²) in [6.07, 6.45) is -1.54. The Balaban J connectivity index is 2.06. The van der Waals surface area contributed by atoms with Gasteiger partial charge in [0.1, 0.15) is 12.0 Å². The maximum atomic E-state index is 13.3. The molecular weight excluding hydrogens is 324 g/mol. The van der Waals surface area contributed by atoms with Gasteiger partial charge in [-0.05, 0) is 35.9 Å². The second-order valence-electron chi connectivity index (χ2n) is 5.09. The number of carbonyl (C=O) groups is 1. The largest absolute Gasteiger partial charge is 0.453 e. The van der Waals surface area contributed by atoms with E-state index in [0.29, 0.717) is 5.56 Å². The Kier molecular flexibility index (Phi) is 3.42. The minimum absolute atomic E-state index is 0.0998. The van der Waals surface area contributed by atoms with Gasteiger partial charge in [0, 0.05) is 12.2 Å². The number of fused-ring (bicyclic) bond motifs is 3. The average Bonchev–Trinajstić information content (AvgIpc) is 2.88. The summed E-state index contributed by atoms with van der Waals surface area (Å²) >= 11 is -0.172. The van der Waals surface area contributed by atoms with Crippen molar-refractivity contribution in [1.29, 1.82) is 0 Å². The number of likely N-dealkylation sites (tertiary alicyclic amines) is 1. The highest BCUT2D eigenvalue weighted by Gasteiger charge is 2.60. The number of thioether (sulfide) groups is 1. The molecule has 2 aliphatic heterocycles. The smallest absolute Gasteiger partial charge is 0.442 e. The number of rotatable bonds is 1. The Morgan fingerprint density at radius 1 is 1.50 bits per heavy atom. The van der Waals surface area contributed by atoms with Crippen molar-refractivity contribution in [3.63, 3.8) is 0 Å². The number of alkyl halides is 3. The average molecular weight is 336 g/mol. The van der Waals surface area contributed by atoms with E-state index in [4.69, 9.17) is 0 Å². The first-order valence-electron chi connectivity index (χ1n) is 6.45. The summed E-state index contributed by atoms with van der Waals surface area (Å²) in [5, 5.41) is 2.83. The third kappa shape index (κ3) is 2.27. The van der Waals surface area contributed by atoms with Gasteiger partial charge in [0.25, 0.3) is 0 Å². The zero-order chi connectivity index (χ0) is 16.1. The number of ether oxygens (including phenoxy) is 1. The summed E-state index contributed by atoms with van der Waals surface area (Å²) < 4.78 is 55.7. The van der Waals surface area contributed by atoms with Crippen molar-refractivity contribution in [2.45, 2.75) is 22.8 Å². The van der Waals surface area contributed by atoms with Crippen molar-refractivity contribution in [2.75, 3.05) is 19.0 Å². The third-order valence-electron chi connectivity index (χ3n) is 3.91. The molecule has 2 heterocycles. The van der Waals surface area contributed by atoms with E-state index >= 15 is 0 Å². The van der Waals surface area contributed by atoms with Crippen LogP contribution in [-0.4, -0.2) is 36.3 Å². The first-order chi connectivity index (χ1) is 10.3. The third-order valence-corrected chi connectivity index (χ3v) is 5.16. The Hall–Kier alpha value is -1.64. The number of halogens is 4. The van der Waals surface area contributed by atoms with E-state index in [1.165, 1.54) is 18.1 Å². The molecule has 4 nitrogen and oxygen atoms in total. The van der Waals surface area contributed by atoms with Gasteiger partial charge in [0.15, 0.2) is 0 Å². The number of nitrogens with one attached hydrogen (secondary N) is 1. The van der Waals surface area contributed by atoms with E-state index in [1.807, 2.05) is 0 Å². The van der Waals surface area contributed by atoms with Crippen molar-refractivity contribution in [2.24, 2.45) is 0 Å². The highest BCUT2D eigenvalue weighted by molar-refractivity contribution is 8.01. The molecule has 1 fully saturated rings. The lowest BCUT2D eigenvalue weighted by molar-refractivity contribution is -0.0346. The van der Waals surface area contributed by atoms with Gasteiger partial charge < -0.3 is 10.1 Å². The lowest BCUT2D eigenvalue weighted by Gasteiger charge is -2.31. The molecule has 1 aromatic rings. The van der Waals surface area contributed by atoms with Gasteiger partial charge in [0.2, 0.25) is 0 Å². The fraction of sp³-hybridized carbons (Fsp3) is 0.462. The second kappa shape index (κ2) is 4.94. The van der Waals surface area contributed by atoms with Crippen LogP contribution in [0.15, 0.2) is 18.2 Å². The fourth-order valence-electron chi connectivity index (χ4n) is 3.12. The molecule has 0 spiro atoms. The Labute approximate surface area is 127 Å². The summed E-state index contributed by atoms with van der Waals surface area (Å²) in [6.45, 7) is 0.129. The molecule has 2 atom stereocenters. The number of nitrogens with zero attached hydrogens (tertiary/aromatic N) is 1. The predicted octanol–water partition coefficient (Wildman–Crippen LogP) is 3.50. The van der Waals surface area contributed by atoms with Gasteiger partial charge in [-0.2, -0.15) is 13.2 Å². The Bertz CT molecular complexity index is 625. The number of hydrogen-bond acceptors (Lipinski definition) is 4. The summed E-state index contributed by atoms with van der Waals surface area (Å²) in [5.74, 6) is -0.553. The molecule has 1 saturated heterocycles. The molecule has 1 amide bonds. The van der Waals surface area contributed by atoms with E-state index < -0.39 is 28.3 Å². The second-order valence-corrected chi connectivity index (χ2v) is 6.48. The first-order valence-corrected chi connectivity index (χ1v) is 7.26. The van der Waals surface area contributed by atoms with Crippen molar-refractivity contribution in [1.82, 2.24) is 4.90 Å². The van der Waals surface area contributed by atoms with Crippen LogP contribution < -0.4 is 5.32 Å². The minimum Gasteiger partial charge on any atom is -0.453 e. The van der Waals surface area contributed by atoms with E-state index in [1.54, 1.807) is 0 Å². The van der Waals surface area contributed by atoms with Gasteiger partial charge in [-0.15, -0.1) is 0 Å². The van der Waals surface area contributed by atoms with Gasteiger partial charge in [-0.3, -0.25) is 4.90 Å². The quantitative estimate of drug-likeness (QED) is 0.797. The normalized spacial score (nSPS) is 26.4. The highest BCUT2D eigenvalue weighted by Crippen LogP contribution is 2.59. The van der Waals surface area contributed by atoms with Crippen LogP contribution in [0.3, 0.4) is 0 Å². The lowest BCUT2D eigenvalue weighted by atomic mass is 9.97. The SMILES string of the molecule is COC(=O)N1CC[C@@]2(SC(F)(F)F)c3ccc(F)cc3N[C@@H]12. The zero-order valence-electron chi connectivity index (χ0n) is 11.4. The summed E-state index contributed by atoms with van der Waals surface area (Å²) in [6, 6.07) is 3.61. The number of anilines is 1. The van der Waals surface area contributed by atoms with Crippen LogP contribution in [0.1, 0.15) is 12.0 Å². The number of methoxy groups -OCH3 is 1. The van der Waals surface area contributed by atoms with Crippen LogP contribution in [0.4, 0.5) is 28.0 Å². The minimum atomic E-state index is -4.48. The molecule has 120 valence electrons. The fourth-order valence-corrected chi connectivity index (χ4v) is 4.31. The van der Waals surface area contributed by atoms with E-state index in [0.717, 1.165) is 12.1 Å². The summed E-state index contributed by atoms with van der Waals surface area (Å²) in [5.41, 5.74) is -3.86. The molecule has 3 rings (SSSR count). The van der Waals surface area contributed by atoms with Gasteiger partial charge >= 0.3 is 11.6 Å².